The zero-order chi connectivity index (χ0) is 28.5. The highest BCUT2D eigenvalue weighted by molar-refractivity contribution is 5.66. The van der Waals surface area contributed by atoms with E-state index in [0.29, 0.717) is 19.8 Å². The third-order valence-electron chi connectivity index (χ3n) is 7.65. The smallest absolute Gasteiger partial charge is 0.409 e. The van der Waals surface area contributed by atoms with Crippen LogP contribution in [0.3, 0.4) is 0 Å². The van der Waals surface area contributed by atoms with Crippen LogP contribution < -0.4 is 19.7 Å². The summed E-state index contributed by atoms with van der Waals surface area (Å²) in [4.78, 5) is 15.9. The SMILES string of the molecule is COCCCN1CCOc2ccc(CO[C@H]3CN[C@@H](C[C@H](C)OC(=O)N(C)C)C[C@@H]3c3ccc(OC)cc3)cc21. The number of carbonyl (C=O) groups is 1. The molecular formula is C31H45N3O6. The molecule has 1 N–H and O–H groups in total. The number of nitrogens with zero attached hydrogens (tertiary/aromatic N) is 2. The zero-order valence-corrected chi connectivity index (χ0v) is 24.6. The van der Waals surface area contributed by atoms with E-state index in [0.717, 1.165) is 61.7 Å². The van der Waals surface area contributed by atoms with Crippen LogP contribution in [0.2, 0.25) is 0 Å². The first kappa shape index (κ1) is 30.0. The van der Waals surface area contributed by atoms with Crippen molar-refractivity contribution in [2.45, 2.75) is 57.0 Å². The minimum atomic E-state index is -0.316. The number of anilines is 1. The van der Waals surface area contributed by atoms with Gasteiger partial charge in [0, 0.05) is 52.9 Å². The number of hydrogen-bond acceptors (Lipinski definition) is 8. The highest BCUT2D eigenvalue weighted by atomic mass is 16.6. The maximum Gasteiger partial charge on any atom is 0.409 e. The minimum Gasteiger partial charge on any atom is -0.497 e. The zero-order valence-electron chi connectivity index (χ0n) is 24.6. The number of amides is 1. The summed E-state index contributed by atoms with van der Waals surface area (Å²) in [6, 6.07) is 14.8. The molecule has 0 radical (unpaired) electrons. The van der Waals surface area contributed by atoms with E-state index in [-0.39, 0.29) is 30.3 Å². The van der Waals surface area contributed by atoms with Crippen LogP contribution in [0, 0.1) is 0 Å². The van der Waals surface area contributed by atoms with Crippen LogP contribution in [-0.4, -0.2) is 90.4 Å². The Morgan fingerprint density at radius 3 is 2.70 bits per heavy atom. The molecule has 1 fully saturated rings. The third-order valence-corrected chi connectivity index (χ3v) is 7.65. The minimum absolute atomic E-state index is 0.00522. The topological polar surface area (TPSA) is 81.7 Å². The van der Waals surface area contributed by atoms with Crippen molar-refractivity contribution in [1.29, 1.82) is 0 Å². The summed E-state index contributed by atoms with van der Waals surface area (Å²) >= 11 is 0. The summed E-state index contributed by atoms with van der Waals surface area (Å²) in [5.74, 6) is 1.96. The molecule has 0 saturated carbocycles. The van der Waals surface area contributed by atoms with Crippen LogP contribution in [0.4, 0.5) is 10.5 Å². The molecule has 9 heteroatoms. The second kappa shape index (κ2) is 14.6. The van der Waals surface area contributed by atoms with Gasteiger partial charge < -0.3 is 38.8 Å². The van der Waals surface area contributed by atoms with Gasteiger partial charge in [-0.25, -0.2) is 4.79 Å². The van der Waals surface area contributed by atoms with E-state index in [1.165, 1.54) is 10.5 Å². The van der Waals surface area contributed by atoms with E-state index in [9.17, 15) is 4.79 Å². The molecule has 2 aliphatic rings. The number of fused-ring (bicyclic) bond motifs is 1. The van der Waals surface area contributed by atoms with Crippen molar-refractivity contribution in [3.05, 3.63) is 53.6 Å². The number of ether oxygens (including phenoxy) is 5. The van der Waals surface area contributed by atoms with Crippen molar-refractivity contribution in [1.82, 2.24) is 10.2 Å². The van der Waals surface area contributed by atoms with Gasteiger partial charge in [-0.15, -0.1) is 0 Å². The fourth-order valence-corrected chi connectivity index (χ4v) is 5.49. The van der Waals surface area contributed by atoms with Gasteiger partial charge >= 0.3 is 6.09 Å². The molecule has 0 bridgehead atoms. The fraction of sp³-hybridized carbons (Fsp3) is 0.581. The quantitative estimate of drug-likeness (QED) is 0.385. The summed E-state index contributed by atoms with van der Waals surface area (Å²) in [6.07, 6.45) is 2.08. The number of benzene rings is 2. The number of rotatable bonds is 12. The molecule has 0 spiro atoms. The van der Waals surface area contributed by atoms with Crippen molar-refractivity contribution >= 4 is 11.8 Å². The van der Waals surface area contributed by atoms with Crippen molar-refractivity contribution in [2.24, 2.45) is 0 Å². The molecule has 1 saturated heterocycles. The summed E-state index contributed by atoms with van der Waals surface area (Å²) < 4.78 is 28.7. The molecule has 4 rings (SSSR count). The summed E-state index contributed by atoms with van der Waals surface area (Å²) in [6.45, 7) is 6.43. The lowest BCUT2D eigenvalue weighted by molar-refractivity contribution is -0.00256. The van der Waals surface area contributed by atoms with Gasteiger partial charge in [-0.1, -0.05) is 18.2 Å². The van der Waals surface area contributed by atoms with Crippen molar-refractivity contribution in [3.63, 3.8) is 0 Å². The Labute approximate surface area is 238 Å². The van der Waals surface area contributed by atoms with Gasteiger partial charge in [0.15, 0.2) is 0 Å². The molecule has 40 heavy (non-hydrogen) atoms. The normalized spacial score (nSPS) is 21.2. The molecule has 2 aromatic rings. The molecule has 4 atom stereocenters. The number of nitrogens with one attached hydrogen (secondary N) is 1. The molecule has 2 aromatic carbocycles. The predicted octanol–water partition coefficient (Wildman–Crippen LogP) is 4.44. The lowest BCUT2D eigenvalue weighted by Gasteiger charge is -2.38. The lowest BCUT2D eigenvalue weighted by atomic mass is 9.82. The summed E-state index contributed by atoms with van der Waals surface area (Å²) in [7, 11) is 6.82. The Hall–Kier alpha value is -3.01. The number of carbonyl (C=O) groups excluding carboxylic acids is 1. The van der Waals surface area contributed by atoms with Crippen molar-refractivity contribution in [3.8, 4) is 11.5 Å². The molecule has 2 heterocycles. The number of piperidine rings is 1. The molecule has 0 aromatic heterocycles. The van der Waals surface area contributed by atoms with Gasteiger partial charge in [-0.3, -0.25) is 0 Å². The van der Waals surface area contributed by atoms with Crippen LogP contribution in [0.5, 0.6) is 11.5 Å². The highest BCUT2D eigenvalue weighted by Crippen LogP contribution is 2.35. The van der Waals surface area contributed by atoms with E-state index in [1.807, 2.05) is 19.1 Å². The van der Waals surface area contributed by atoms with Crippen LogP contribution in [0.25, 0.3) is 0 Å². The predicted molar refractivity (Wildman–Crippen MR) is 156 cm³/mol. The molecule has 9 nitrogen and oxygen atoms in total. The van der Waals surface area contributed by atoms with Gasteiger partial charge in [0.1, 0.15) is 24.2 Å². The van der Waals surface area contributed by atoms with Gasteiger partial charge in [0.25, 0.3) is 0 Å². The van der Waals surface area contributed by atoms with Crippen LogP contribution in [0.1, 0.15) is 43.2 Å². The molecular weight excluding hydrogens is 510 g/mol. The fourth-order valence-electron chi connectivity index (χ4n) is 5.49. The second-order valence-electron chi connectivity index (χ2n) is 10.9. The van der Waals surface area contributed by atoms with E-state index >= 15 is 0 Å². The average Bonchev–Trinajstić information content (AvgIpc) is 2.96. The first-order valence-electron chi connectivity index (χ1n) is 14.2. The van der Waals surface area contributed by atoms with E-state index in [4.69, 9.17) is 23.7 Å². The van der Waals surface area contributed by atoms with Gasteiger partial charge in [0.05, 0.1) is 32.1 Å². The molecule has 2 aliphatic heterocycles. The Bertz CT molecular complexity index is 1080. The molecule has 0 unspecified atom stereocenters. The molecule has 0 aliphatic carbocycles. The average molecular weight is 556 g/mol. The first-order valence-corrected chi connectivity index (χ1v) is 14.2. The highest BCUT2D eigenvalue weighted by Gasteiger charge is 2.33. The standard InChI is InChI=1S/C31H45N3O6/c1-22(40-31(35)33(2)3)17-25-19-27(24-8-10-26(37-5)11-9-24)30(20-32-25)39-21-23-7-12-29-28(18-23)34(14-16-38-29)13-6-15-36-4/h7-12,18,22,25,27,30,32H,6,13-17,19-21H2,1-5H3/t22-,25-,27+,30-/m0/s1. The van der Waals surface area contributed by atoms with E-state index < -0.39 is 0 Å². The molecule has 220 valence electrons. The van der Waals surface area contributed by atoms with Gasteiger partial charge in [-0.2, -0.15) is 0 Å². The van der Waals surface area contributed by atoms with Crippen LogP contribution in [-0.2, 0) is 20.8 Å². The summed E-state index contributed by atoms with van der Waals surface area (Å²) in [5, 5.41) is 3.65. The lowest BCUT2D eigenvalue weighted by Crippen LogP contribution is -2.48. The Morgan fingerprint density at radius 2 is 1.98 bits per heavy atom. The maximum atomic E-state index is 12.0. The number of hydrogen-bond donors (Lipinski definition) is 1. The van der Waals surface area contributed by atoms with Crippen molar-refractivity contribution in [2.75, 3.05) is 66.1 Å². The Morgan fingerprint density at radius 1 is 1.18 bits per heavy atom. The maximum absolute atomic E-state index is 12.0. The van der Waals surface area contributed by atoms with Gasteiger partial charge in [-0.05, 0) is 61.6 Å². The van der Waals surface area contributed by atoms with Crippen molar-refractivity contribution < 1.29 is 28.5 Å². The number of methoxy groups -OCH3 is 2. The Kier molecular flexibility index (Phi) is 10.9. The monoisotopic (exact) mass is 555 g/mol. The second-order valence-corrected chi connectivity index (χ2v) is 10.9. The first-order chi connectivity index (χ1) is 19.4. The van der Waals surface area contributed by atoms with Gasteiger partial charge in [0.2, 0.25) is 0 Å². The third kappa shape index (κ3) is 8.02. The van der Waals surface area contributed by atoms with E-state index in [2.05, 4.69) is 40.5 Å². The van der Waals surface area contributed by atoms with E-state index in [1.54, 1.807) is 28.3 Å². The molecule has 1 amide bonds. The van der Waals surface area contributed by atoms with Crippen LogP contribution in [0.15, 0.2) is 42.5 Å². The van der Waals surface area contributed by atoms with Crippen LogP contribution >= 0.6 is 0 Å². The Balaban J connectivity index is 1.43. The summed E-state index contributed by atoms with van der Waals surface area (Å²) in [5.41, 5.74) is 3.47. The largest absolute Gasteiger partial charge is 0.497 e.